The fourth-order valence-electron chi connectivity index (χ4n) is 1.84. The summed E-state index contributed by atoms with van der Waals surface area (Å²) in [5, 5.41) is 2.15. The largest absolute Gasteiger partial charge is 0.356 e. The van der Waals surface area contributed by atoms with Gasteiger partial charge >= 0.3 is 0 Å². The van der Waals surface area contributed by atoms with Crippen molar-refractivity contribution in [3.8, 4) is 0 Å². The molecule has 0 fully saturated rings. The number of hydrogen-bond donors (Lipinski definition) is 2. The highest BCUT2D eigenvalue weighted by molar-refractivity contribution is 5.75. The topological polar surface area (TPSA) is 48.1 Å². The number of aromatic amines is 1. The predicted molar refractivity (Wildman–Crippen MR) is 65.4 cm³/mol. The normalized spacial score (nSPS) is 11.1. The molecule has 0 atom stereocenters. The highest BCUT2D eigenvalue weighted by Crippen LogP contribution is 2.16. The van der Waals surface area contributed by atoms with Crippen molar-refractivity contribution in [2.45, 2.75) is 34.2 Å². The number of carbonyl (C=O) groups is 1. The number of hydrogen-bond acceptors (Lipinski definition) is 3. The van der Waals surface area contributed by atoms with Gasteiger partial charge in [0.15, 0.2) is 6.29 Å². The maximum Gasteiger partial charge on any atom is 0.166 e. The molecule has 4 nitrogen and oxygen atoms in total. The van der Waals surface area contributed by atoms with Crippen molar-refractivity contribution < 1.29 is 4.79 Å². The summed E-state index contributed by atoms with van der Waals surface area (Å²) in [7, 11) is 0. The summed E-state index contributed by atoms with van der Waals surface area (Å²) in [6.45, 7) is 10.9. The number of aromatic nitrogens is 1. The van der Waals surface area contributed by atoms with E-state index < -0.39 is 0 Å². The zero-order chi connectivity index (χ0) is 12.1. The Labute approximate surface area is 97.0 Å². The minimum Gasteiger partial charge on any atom is -0.356 e. The Hall–Kier alpha value is -1.13. The molecule has 0 unspecified atom stereocenters. The lowest BCUT2D eigenvalue weighted by atomic mass is 10.1. The standard InChI is InChI=1S/C12H21N3O/c1-5-15(6-2)13-7-11-9(3)12(8-16)14-10(11)4/h8,13-14H,5-7H2,1-4H3. The summed E-state index contributed by atoms with van der Waals surface area (Å²) in [6.07, 6.45) is 0.878. The molecule has 1 rings (SSSR count). The molecule has 4 heteroatoms. The van der Waals surface area contributed by atoms with Crippen LogP contribution in [-0.2, 0) is 6.54 Å². The van der Waals surface area contributed by atoms with Crippen LogP contribution in [0.3, 0.4) is 0 Å². The molecular formula is C12H21N3O. The maximum atomic E-state index is 10.8. The third-order valence-corrected chi connectivity index (χ3v) is 2.99. The van der Waals surface area contributed by atoms with Crippen LogP contribution in [0.25, 0.3) is 0 Å². The number of aldehydes is 1. The predicted octanol–water partition coefficient (Wildman–Crippen LogP) is 1.79. The van der Waals surface area contributed by atoms with E-state index in [1.807, 2.05) is 13.8 Å². The van der Waals surface area contributed by atoms with Gasteiger partial charge in [-0.1, -0.05) is 13.8 Å². The van der Waals surface area contributed by atoms with Crippen molar-refractivity contribution in [1.82, 2.24) is 15.4 Å². The first kappa shape index (κ1) is 12.9. The van der Waals surface area contributed by atoms with Gasteiger partial charge in [-0.2, -0.15) is 0 Å². The fraction of sp³-hybridized carbons (Fsp3) is 0.583. The third-order valence-electron chi connectivity index (χ3n) is 2.99. The first-order valence-electron chi connectivity index (χ1n) is 5.75. The molecule has 0 aliphatic carbocycles. The second-order valence-corrected chi connectivity index (χ2v) is 3.89. The number of rotatable bonds is 6. The molecule has 0 saturated carbocycles. The molecule has 0 aliphatic rings. The summed E-state index contributed by atoms with van der Waals surface area (Å²) >= 11 is 0. The van der Waals surface area contributed by atoms with Crippen molar-refractivity contribution in [3.63, 3.8) is 0 Å². The molecule has 2 N–H and O–H groups in total. The van der Waals surface area contributed by atoms with Gasteiger partial charge in [0.2, 0.25) is 0 Å². The smallest absolute Gasteiger partial charge is 0.166 e. The van der Waals surface area contributed by atoms with E-state index in [0.29, 0.717) is 5.69 Å². The molecule has 1 aromatic rings. The summed E-state index contributed by atoms with van der Waals surface area (Å²) in [6, 6.07) is 0. The van der Waals surface area contributed by atoms with Crippen LogP contribution in [-0.4, -0.2) is 29.4 Å². The Morgan fingerprint density at radius 2 is 1.94 bits per heavy atom. The number of H-pyrrole nitrogens is 1. The van der Waals surface area contributed by atoms with E-state index >= 15 is 0 Å². The second-order valence-electron chi connectivity index (χ2n) is 3.89. The molecule has 0 aromatic carbocycles. The van der Waals surface area contributed by atoms with Crippen LogP contribution in [0.1, 0.15) is 41.2 Å². The highest BCUT2D eigenvalue weighted by Gasteiger charge is 2.10. The van der Waals surface area contributed by atoms with Gasteiger partial charge < -0.3 is 4.98 Å². The second kappa shape index (κ2) is 5.82. The molecular weight excluding hydrogens is 202 g/mol. The van der Waals surface area contributed by atoms with Crippen molar-refractivity contribution in [2.75, 3.05) is 13.1 Å². The van der Waals surface area contributed by atoms with E-state index in [1.165, 1.54) is 5.56 Å². The fourth-order valence-corrected chi connectivity index (χ4v) is 1.84. The van der Waals surface area contributed by atoms with Crippen LogP contribution in [0.15, 0.2) is 0 Å². The van der Waals surface area contributed by atoms with E-state index in [1.54, 1.807) is 0 Å². The Kier molecular flexibility index (Phi) is 4.71. The Morgan fingerprint density at radius 1 is 1.31 bits per heavy atom. The summed E-state index contributed by atoms with van der Waals surface area (Å²) in [5.41, 5.74) is 7.35. The lowest BCUT2D eigenvalue weighted by molar-refractivity contribution is 0.111. The monoisotopic (exact) mass is 223 g/mol. The van der Waals surface area contributed by atoms with E-state index in [-0.39, 0.29) is 0 Å². The zero-order valence-corrected chi connectivity index (χ0v) is 10.6. The lowest BCUT2D eigenvalue weighted by Gasteiger charge is -2.19. The van der Waals surface area contributed by atoms with E-state index in [0.717, 1.165) is 37.2 Å². The SMILES string of the molecule is CCN(CC)NCc1c(C)[nH]c(C=O)c1C. The zero-order valence-electron chi connectivity index (χ0n) is 10.6. The summed E-state index contributed by atoms with van der Waals surface area (Å²) in [4.78, 5) is 13.9. The first-order valence-corrected chi connectivity index (χ1v) is 5.75. The van der Waals surface area contributed by atoms with E-state index in [9.17, 15) is 4.79 Å². The Bertz CT molecular complexity index is 353. The molecule has 0 saturated heterocycles. The molecule has 1 heterocycles. The van der Waals surface area contributed by atoms with Gasteiger partial charge in [-0.15, -0.1) is 0 Å². The Morgan fingerprint density at radius 3 is 2.38 bits per heavy atom. The van der Waals surface area contributed by atoms with Gasteiger partial charge in [-0.05, 0) is 25.0 Å². The minimum absolute atomic E-state index is 0.689. The van der Waals surface area contributed by atoms with Gasteiger partial charge in [-0.25, -0.2) is 5.01 Å². The van der Waals surface area contributed by atoms with Crippen LogP contribution in [0.5, 0.6) is 0 Å². The molecule has 1 aromatic heterocycles. The van der Waals surface area contributed by atoms with E-state index in [4.69, 9.17) is 0 Å². The van der Waals surface area contributed by atoms with Crippen LogP contribution in [0.4, 0.5) is 0 Å². The van der Waals surface area contributed by atoms with Gasteiger partial charge in [0.25, 0.3) is 0 Å². The maximum absolute atomic E-state index is 10.8. The average Bonchev–Trinajstić information content (AvgIpc) is 2.56. The van der Waals surface area contributed by atoms with Gasteiger partial charge in [0, 0.05) is 25.3 Å². The number of nitrogens with one attached hydrogen (secondary N) is 2. The molecule has 16 heavy (non-hydrogen) atoms. The number of hydrazine groups is 1. The van der Waals surface area contributed by atoms with Crippen molar-refractivity contribution >= 4 is 6.29 Å². The first-order chi connectivity index (χ1) is 7.63. The number of nitrogens with zero attached hydrogens (tertiary/aromatic N) is 1. The summed E-state index contributed by atoms with van der Waals surface area (Å²) in [5.74, 6) is 0. The number of aryl methyl sites for hydroxylation is 1. The minimum atomic E-state index is 0.689. The highest BCUT2D eigenvalue weighted by atomic mass is 16.1. The van der Waals surface area contributed by atoms with Crippen LogP contribution >= 0.6 is 0 Å². The molecule has 0 bridgehead atoms. The lowest BCUT2D eigenvalue weighted by Crippen LogP contribution is -2.37. The van der Waals surface area contributed by atoms with E-state index in [2.05, 4.69) is 29.3 Å². The van der Waals surface area contributed by atoms with Crippen molar-refractivity contribution in [2.24, 2.45) is 0 Å². The Balaban J connectivity index is 2.73. The van der Waals surface area contributed by atoms with Crippen LogP contribution < -0.4 is 5.43 Å². The molecule has 0 amide bonds. The van der Waals surface area contributed by atoms with Gasteiger partial charge in [0.05, 0.1) is 5.69 Å². The molecule has 0 radical (unpaired) electrons. The molecule has 0 spiro atoms. The van der Waals surface area contributed by atoms with Crippen LogP contribution in [0.2, 0.25) is 0 Å². The van der Waals surface area contributed by atoms with Crippen molar-refractivity contribution in [3.05, 3.63) is 22.5 Å². The average molecular weight is 223 g/mol. The molecule has 90 valence electrons. The quantitative estimate of drug-likeness (QED) is 0.571. The van der Waals surface area contributed by atoms with Crippen LogP contribution in [0, 0.1) is 13.8 Å². The van der Waals surface area contributed by atoms with Gasteiger partial charge in [0.1, 0.15) is 0 Å². The molecule has 0 aliphatic heterocycles. The summed E-state index contributed by atoms with van der Waals surface area (Å²) < 4.78 is 0. The third kappa shape index (κ3) is 2.71. The number of carbonyl (C=O) groups excluding carboxylic acids is 1. The van der Waals surface area contributed by atoms with Gasteiger partial charge in [-0.3, -0.25) is 10.2 Å². The van der Waals surface area contributed by atoms with Crippen molar-refractivity contribution in [1.29, 1.82) is 0 Å².